The molecule has 14 heavy (non-hydrogen) atoms. The molecule has 3 nitrogen and oxygen atoms in total. The summed E-state index contributed by atoms with van der Waals surface area (Å²) in [6, 6.07) is 0. The van der Waals surface area contributed by atoms with Gasteiger partial charge in [-0.1, -0.05) is 0 Å². The Bertz CT molecular complexity index is 195. The third-order valence-electron chi connectivity index (χ3n) is 1.31. The summed E-state index contributed by atoms with van der Waals surface area (Å²) in [5, 5.41) is 24.6. The molecule has 0 rings (SSSR count). The maximum absolute atomic E-state index is 11.6. The van der Waals surface area contributed by atoms with E-state index in [-0.39, 0.29) is 0 Å². The first kappa shape index (κ1) is 13.5. The highest BCUT2D eigenvalue weighted by Crippen LogP contribution is 2.35. The second kappa shape index (κ2) is 3.55. The predicted molar refractivity (Wildman–Crippen MR) is 29.9 cm³/mol. The van der Waals surface area contributed by atoms with E-state index in [0.29, 0.717) is 0 Å². The van der Waals surface area contributed by atoms with E-state index in [4.69, 9.17) is 15.3 Å². The lowest BCUT2D eigenvalue weighted by Gasteiger charge is -2.29. The van der Waals surface area contributed by atoms with Crippen molar-refractivity contribution < 1.29 is 41.7 Å². The van der Waals surface area contributed by atoms with Crippen LogP contribution < -0.4 is 0 Å². The molecule has 0 saturated carbocycles. The van der Waals surface area contributed by atoms with Crippen LogP contribution in [0.5, 0.6) is 0 Å². The predicted octanol–water partition coefficient (Wildman–Crippen LogP) is 0.543. The van der Waals surface area contributed by atoms with Crippen LogP contribution in [0.25, 0.3) is 0 Å². The summed E-state index contributed by atoms with van der Waals surface area (Å²) < 4.78 is 69.3. The van der Waals surface area contributed by atoms with Crippen LogP contribution in [0.1, 0.15) is 6.42 Å². The number of halogens is 6. The summed E-state index contributed by atoms with van der Waals surface area (Å²) in [6.45, 7) is 0. The number of aliphatic hydroxyl groups excluding tert-OH is 1. The Morgan fingerprint density at radius 3 is 1.50 bits per heavy atom. The summed E-state index contributed by atoms with van der Waals surface area (Å²) >= 11 is 0. The van der Waals surface area contributed by atoms with Gasteiger partial charge in [-0.2, -0.15) is 26.3 Å². The van der Waals surface area contributed by atoms with E-state index in [9.17, 15) is 26.3 Å². The van der Waals surface area contributed by atoms with Crippen LogP contribution in [-0.4, -0.2) is 39.6 Å². The molecule has 0 aliphatic rings. The Morgan fingerprint density at radius 1 is 0.929 bits per heavy atom. The molecule has 0 radical (unpaired) electrons. The Labute approximate surface area is 73.6 Å². The number of aliphatic hydroxyl groups is 3. The number of rotatable bonds is 2. The molecule has 0 heterocycles. The van der Waals surface area contributed by atoms with E-state index in [0.717, 1.165) is 0 Å². The fourth-order valence-electron chi connectivity index (χ4n) is 0.550. The summed E-state index contributed by atoms with van der Waals surface area (Å²) in [7, 11) is 0. The summed E-state index contributed by atoms with van der Waals surface area (Å²) in [6.07, 6.45) is -16.6. The minimum absolute atomic E-state index is 2.36. The van der Waals surface area contributed by atoms with E-state index >= 15 is 0 Å². The Kier molecular flexibility index (Phi) is 3.42. The van der Waals surface area contributed by atoms with Gasteiger partial charge < -0.3 is 15.3 Å². The van der Waals surface area contributed by atoms with Crippen molar-refractivity contribution in [2.45, 2.75) is 30.7 Å². The maximum atomic E-state index is 11.6. The summed E-state index contributed by atoms with van der Waals surface area (Å²) in [5.74, 6) is -4.76. The van der Waals surface area contributed by atoms with Crippen LogP contribution in [0, 0.1) is 0 Å². The lowest BCUT2D eigenvalue weighted by Crippen LogP contribution is -2.55. The van der Waals surface area contributed by atoms with Crippen LogP contribution in [0.2, 0.25) is 0 Å². The minimum atomic E-state index is -5.75. The number of hydrogen-bond donors (Lipinski definition) is 3. The van der Waals surface area contributed by atoms with Gasteiger partial charge in [0.1, 0.15) is 6.10 Å². The number of alkyl halides is 6. The highest BCUT2D eigenvalue weighted by Gasteiger charge is 2.59. The second-order valence-electron chi connectivity index (χ2n) is 2.56. The molecule has 1 unspecified atom stereocenters. The van der Waals surface area contributed by atoms with Gasteiger partial charge in [0.15, 0.2) is 0 Å². The Balaban J connectivity index is 4.61. The molecule has 0 spiro atoms. The molecule has 9 heteroatoms. The zero-order valence-electron chi connectivity index (χ0n) is 6.39. The first-order valence-electron chi connectivity index (χ1n) is 3.14. The van der Waals surface area contributed by atoms with E-state index in [1.54, 1.807) is 0 Å². The van der Waals surface area contributed by atoms with E-state index < -0.39 is 30.7 Å². The lowest BCUT2D eigenvalue weighted by molar-refractivity contribution is -0.384. The van der Waals surface area contributed by atoms with Gasteiger partial charge in [-0.3, -0.25) is 0 Å². The molecule has 0 aliphatic heterocycles. The average molecular weight is 228 g/mol. The molecule has 1 atom stereocenters. The molecule has 0 aromatic heterocycles. The van der Waals surface area contributed by atoms with E-state index in [2.05, 4.69) is 0 Å². The molecule has 0 aromatic rings. The average Bonchev–Trinajstić information content (AvgIpc) is 1.80. The van der Waals surface area contributed by atoms with Crippen molar-refractivity contribution in [3.63, 3.8) is 0 Å². The van der Waals surface area contributed by atoms with Crippen LogP contribution in [0.4, 0.5) is 26.3 Å². The molecule has 0 aromatic carbocycles. The van der Waals surface area contributed by atoms with Crippen molar-refractivity contribution in [1.29, 1.82) is 0 Å². The molecule has 0 amide bonds. The van der Waals surface area contributed by atoms with Crippen LogP contribution in [-0.2, 0) is 0 Å². The van der Waals surface area contributed by atoms with Gasteiger partial charge in [0.05, 0.1) is 6.42 Å². The first-order valence-corrected chi connectivity index (χ1v) is 3.14. The second-order valence-corrected chi connectivity index (χ2v) is 2.56. The standard InChI is InChI=1S/C5H6F6O3/c6-3(7,8)1-2(12)4(13,14)5(9,10)11/h2,12-14H,1H2. The normalized spacial score (nSPS) is 16.9. The molecule has 0 saturated heterocycles. The van der Waals surface area contributed by atoms with Crippen molar-refractivity contribution in [2.24, 2.45) is 0 Å². The molecular weight excluding hydrogens is 222 g/mol. The quantitative estimate of drug-likeness (QED) is 0.477. The van der Waals surface area contributed by atoms with Gasteiger partial charge in [0.25, 0.3) is 5.79 Å². The maximum Gasteiger partial charge on any atom is 0.445 e. The third kappa shape index (κ3) is 3.31. The monoisotopic (exact) mass is 228 g/mol. The fourth-order valence-corrected chi connectivity index (χ4v) is 0.550. The van der Waals surface area contributed by atoms with Gasteiger partial charge in [-0.25, -0.2) is 0 Å². The smallest absolute Gasteiger partial charge is 0.387 e. The molecule has 0 fully saturated rings. The summed E-state index contributed by atoms with van der Waals surface area (Å²) in [5.41, 5.74) is 0. The highest BCUT2D eigenvalue weighted by atomic mass is 19.4. The molecule has 0 bridgehead atoms. The largest absolute Gasteiger partial charge is 0.445 e. The molecular formula is C5H6F6O3. The fraction of sp³-hybridized carbons (Fsp3) is 1.00. The topological polar surface area (TPSA) is 60.7 Å². The SMILES string of the molecule is OC(CC(F)(F)F)C(O)(O)C(F)(F)F. The molecule has 0 aliphatic carbocycles. The Hall–Kier alpha value is -0.540. The van der Waals surface area contributed by atoms with Gasteiger partial charge in [0.2, 0.25) is 0 Å². The van der Waals surface area contributed by atoms with Gasteiger partial charge in [-0.15, -0.1) is 0 Å². The van der Waals surface area contributed by atoms with E-state index in [1.807, 2.05) is 0 Å². The lowest BCUT2D eigenvalue weighted by atomic mass is 10.1. The van der Waals surface area contributed by atoms with Crippen molar-refractivity contribution in [3.8, 4) is 0 Å². The Morgan fingerprint density at radius 2 is 1.29 bits per heavy atom. The van der Waals surface area contributed by atoms with Gasteiger partial charge in [-0.05, 0) is 0 Å². The van der Waals surface area contributed by atoms with Crippen LogP contribution in [0.3, 0.4) is 0 Å². The molecule has 86 valence electrons. The highest BCUT2D eigenvalue weighted by molar-refractivity contribution is 4.84. The van der Waals surface area contributed by atoms with Crippen molar-refractivity contribution in [2.75, 3.05) is 0 Å². The van der Waals surface area contributed by atoms with Crippen LogP contribution in [0.15, 0.2) is 0 Å². The minimum Gasteiger partial charge on any atom is -0.387 e. The van der Waals surface area contributed by atoms with Gasteiger partial charge >= 0.3 is 12.4 Å². The number of hydrogen-bond acceptors (Lipinski definition) is 3. The van der Waals surface area contributed by atoms with Crippen molar-refractivity contribution in [3.05, 3.63) is 0 Å². The molecule has 3 N–H and O–H groups in total. The zero-order valence-corrected chi connectivity index (χ0v) is 6.39. The summed E-state index contributed by atoms with van der Waals surface area (Å²) in [4.78, 5) is 0. The van der Waals surface area contributed by atoms with Crippen molar-refractivity contribution >= 4 is 0 Å². The van der Waals surface area contributed by atoms with Crippen LogP contribution >= 0.6 is 0 Å². The third-order valence-corrected chi connectivity index (χ3v) is 1.31. The zero-order chi connectivity index (χ0) is 11.8. The van der Waals surface area contributed by atoms with Gasteiger partial charge in [0, 0.05) is 0 Å². The first-order chi connectivity index (χ1) is 5.88. The van der Waals surface area contributed by atoms with Crippen molar-refractivity contribution in [1.82, 2.24) is 0 Å². The van der Waals surface area contributed by atoms with E-state index in [1.165, 1.54) is 0 Å².